The monoisotopic (exact) mass is 360 g/mol. The smallest absolute Gasteiger partial charge is 0.233 e. The van der Waals surface area contributed by atoms with Crippen molar-refractivity contribution in [1.82, 2.24) is 19.7 Å². The molecule has 8 heteroatoms. The van der Waals surface area contributed by atoms with Crippen LogP contribution in [0.1, 0.15) is 5.76 Å². The molecule has 0 saturated heterocycles. The van der Waals surface area contributed by atoms with Crippen molar-refractivity contribution in [3.8, 4) is 11.4 Å². The van der Waals surface area contributed by atoms with Gasteiger partial charge in [0.2, 0.25) is 5.91 Å². The number of rotatable bonds is 6. The van der Waals surface area contributed by atoms with Crippen LogP contribution in [0.25, 0.3) is 11.4 Å². The summed E-state index contributed by atoms with van der Waals surface area (Å²) in [6, 6.07) is 9.67. The van der Waals surface area contributed by atoms with Crippen molar-refractivity contribution >= 4 is 17.7 Å². The van der Waals surface area contributed by atoms with E-state index in [1.54, 1.807) is 41.0 Å². The zero-order valence-electron chi connectivity index (χ0n) is 13.8. The summed E-state index contributed by atoms with van der Waals surface area (Å²) in [5, 5.41) is 8.87. The molecule has 0 fully saturated rings. The molecule has 0 aliphatic rings. The van der Waals surface area contributed by atoms with E-state index in [1.165, 1.54) is 23.9 Å². The predicted molar refractivity (Wildman–Crippen MR) is 92.3 cm³/mol. The highest BCUT2D eigenvalue weighted by atomic mass is 32.2. The molecule has 0 aliphatic heterocycles. The van der Waals surface area contributed by atoms with E-state index in [1.807, 2.05) is 13.1 Å². The summed E-state index contributed by atoms with van der Waals surface area (Å²) in [6.45, 7) is 0.423. The molecule has 0 saturated carbocycles. The van der Waals surface area contributed by atoms with Gasteiger partial charge in [0, 0.05) is 19.7 Å². The maximum Gasteiger partial charge on any atom is 0.233 e. The minimum absolute atomic E-state index is 0.0345. The number of hydrogen-bond acceptors (Lipinski definition) is 5. The molecule has 0 unspecified atom stereocenters. The van der Waals surface area contributed by atoms with Gasteiger partial charge in [-0.2, -0.15) is 0 Å². The van der Waals surface area contributed by atoms with Gasteiger partial charge in [-0.3, -0.25) is 4.79 Å². The normalized spacial score (nSPS) is 10.8. The number of carbonyl (C=O) groups excluding carboxylic acids is 1. The number of halogens is 1. The van der Waals surface area contributed by atoms with E-state index in [0.29, 0.717) is 17.5 Å². The number of furan rings is 1. The van der Waals surface area contributed by atoms with Crippen LogP contribution >= 0.6 is 11.8 Å². The Labute approximate surface area is 148 Å². The van der Waals surface area contributed by atoms with Gasteiger partial charge < -0.3 is 13.9 Å². The Bertz CT molecular complexity index is 846. The summed E-state index contributed by atoms with van der Waals surface area (Å²) in [7, 11) is 3.55. The molecule has 3 rings (SSSR count). The molecule has 0 aliphatic carbocycles. The number of carbonyl (C=O) groups is 1. The molecule has 6 nitrogen and oxygen atoms in total. The third kappa shape index (κ3) is 4.08. The topological polar surface area (TPSA) is 64.2 Å². The molecule has 1 amide bonds. The average molecular weight is 360 g/mol. The minimum Gasteiger partial charge on any atom is -0.467 e. The van der Waals surface area contributed by atoms with Crippen molar-refractivity contribution in [1.29, 1.82) is 0 Å². The van der Waals surface area contributed by atoms with Gasteiger partial charge in [-0.1, -0.05) is 11.8 Å². The molecular formula is C17H17FN4O2S. The van der Waals surface area contributed by atoms with Crippen LogP contribution in [0.15, 0.2) is 52.2 Å². The first-order valence-electron chi connectivity index (χ1n) is 7.59. The largest absolute Gasteiger partial charge is 0.467 e. The van der Waals surface area contributed by atoms with E-state index in [-0.39, 0.29) is 17.5 Å². The zero-order chi connectivity index (χ0) is 17.8. The SMILES string of the molecule is CN(Cc1ccco1)C(=O)CSc1nnc(-c2ccc(F)cc2)n1C. The second-order valence-electron chi connectivity index (χ2n) is 5.49. The van der Waals surface area contributed by atoms with Gasteiger partial charge in [0.1, 0.15) is 11.6 Å². The molecule has 0 atom stereocenters. The molecule has 1 aromatic carbocycles. The molecule has 2 aromatic heterocycles. The molecule has 0 N–H and O–H groups in total. The van der Waals surface area contributed by atoms with Gasteiger partial charge >= 0.3 is 0 Å². The van der Waals surface area contributed by atoms with Crippen molar-refractivity contribution in [3.63, 3.8) is 0 Å². The predicted octanol–water partition coefficient (Wildman–Crippen LogP) is 2.96. The van der Waals surface area contributed by atoms with Crippen LogP contribution in [0.4, 0.5) is 4.39 Å². The highest BCUT2D eigenvalue weighted by molar-refractivity contribution is 7.99. The van der Waals surface area contributed by atoms with Crippen LogP contribution in [-0.4, -0.2) is 38.4 Å². The van der Waals surface area contributed by atoms with Crippen molar-refractivity contribution in [2.24, 2.45) is 7.05 Å². The maximum absolute atomic E-state index is 13.0. The fraction of sp³-hybridized carbons (Fsp3) is 0.235. The van der Waals surface area contributed by atoms with E-state index >= 15 is 0 Å². The summed E-state index contributed by atoms with van der Waals surface area (Å²) in [6.07, 6.45) is 1.58. The number of thioether (sulfide) groups is 1. The van der Waals surface area contributed by atoms with Gasteiger partial charge in [0.05, 0.1) is 18.6 Å². The van der Waals surface area contributed by atoms with E-state index < -0.39 is 0 Å². The fourth-order valence-electron chi connectivity index (χ4n) is 2.25. The number of aromatic nitrogens is 3. The second-order valence-corrected chi connectivity index (χ2v) is 6.43. The molecular weight excluding hydrogens is 343 g/mol. The Kier molecular flexibility index (Phi) is 5.18. The Morgan fingerprint density at radius 3 is 2.72 bits per heavy atom. The van der Waals surface area contributed by atoms with Gasteiger partial charge in [0.15, 0.2) is 11.0 Å². The fourth-order valence-corrected chi connectivity index (χ4v) is 3.10. The summed E-state index contributed by atoms with van der Waals surface area (Å²) in [5.41, 5.74) is 0.768. The first-order chi connectivity index (χ1) is 12.0. The van der Waals surface area contributed by atoms with Crippen LogP contribution in [0, 0.1) is 5.82 Å². The molecule has 25 heavy (non-hydrogen) atoms. The first-order valence-corrected chi connectivity index (χ1v) is 8.57. The highest BCUT2D eigenvalue weighted by Crippen LogP contribution is 2.23. The number of nitrogens with zero attached hydrogens (tertiary/aromatic N) is 4. The van der Waals surface area contributed by atoms with Crippen LogP contribution in [0.5, 0.6) is 0 Å². The number of hydrogen-bond donors (Lipinski definition) is 0. The lowest BCUT2D eigenvalue weighted by Gasteiger charge is -2.15. The molecule has 0 radical (unpaired) electrons. The van der Waals surface area contributed by atoms with E-state index in [9.17, 15) is 9.18 Å². The lowest BCUT2D eigenvalue weighted by atomic mass is 10.2. The molecule has 130 valence electrons. The van der Waals surface area contributed by atoms with Gasteiger partial charge in [0.25, 0.3) is 0 Å². The zero-order valence-corrected chi connectivity index (χ0v) is 14.7. The summed E-state index contributed by atoms with van der Waals surface area (Å²) < 4.78 is 20.1. The van der Waals surface area contributed by atoms with Crippen LogP contribution < -0.4 is 0 Å². The lowest BCUT2D eigenvalue weighted by Crippen LogP contribution is -2.27. The standard InChI is InChI=1S/C17H17FN4O2S/c1-21(10-14-4-3-9-24-14)15(23)11-25-17-20-19-16(22(17)2)12-5-7-13(18)8-6-12/h3-9H,10-11H2,1-2H3. The molecule has 0 spiro atoms. The quantitative estimate of drug-likeness (QED) is 0.633. The van der Waals surface area contributed by atoms with E-state index in [0.717, 1.165) is 11.3 Å². The second kappa shape index (κ2) is 7.52. The average Bonchev–Trinajstić information content (AvgIpc) is 3.23. The van der Waals surface area contributed by atoms with Crippen molar-refractivity contribution in [2.45, 2.75) is 11.7 Å². The Balaban J connectivity index is 1.62. The summed E-state index contributed by atoms with van der Waals surface area (Å²) in [5.74, 6) is 1.27. The highest BCUT2D eigenvalue weighted by Gasteiger charge is 2.15. The summed E-state index contributed by atoms with van der Waals surface area (Å²) in [4.78, 5) is 13.8. The molecule has 3 aromatic rings. The summed E-state index contributed by atoms with van der Waals surface area (Å²) >= 11 is 1.31. The van der Waals surface area contributed by atoms with Crippen molar-refractivity contribution in [2.75, 3.05) is 12.8 Å². The lowest BCUT2D eigenvalue weighted by molar-refractivity contribution is -0.127. The Morgan fingerprint density at radius 2 is 2.04 bits per heavy atom. The maximum atomic E-state index is 13.0. The van der Waals surface area contributed by atoms with E-state index in [2.05, 4.69) is 10.2 Å². The third-order valence-corrected chi connectivity index (χ3v) is 4.67. The Hall–Kier alpha value is -2.61. The minimum atomic E-state index is -0.300. The first kappa shape index (κ1) is 17.2. The van der Waals surface area contributed by atoms with Crippen molar-refractivity contribution < 1.29 is 13.6 Å². The van der Waals surface area contributed by atoms with Crippen LogP contribution in [0.2, 0.25) is 0 Å². The van der Waals surface area contributed by atoms with E-state index in [4.69, 9.17) is 4.42 Å². The van der Waals surface area contributed by atoms with Gasteiger partial charge in [-0.25, -0.2) is 4.39 Å². The Morgan fingerprint density at radius 1 is 1.28 bits per heavy atom. The molecule has 2 heterocycles. The van der Waals surface area contributed by atoms with Gasteiger partial charge in [-0.15, -0.1) is 10.2 Å². The van der Waals surface area contributed by atoms with Crippen LogP contribution in [0.3, 0.4) is 0 Å². The molecule has 0 bridgehead atoms. The number of amides is 1. The van der Waals surface area contributed by atoms with Gasteiger partial charge in [-0.05, 0) is 36.4 Å². The third-order valence-electron chi connectivity index (χ3n) is 3.66. The van der Waals surface area contributed by atoms with Crippen molar-refractivity contribution in [3.05, 3.63) is 54.2 Å². The van der Waals surface area contributed by atoms with Crippen LogP contribution in [-0.2, 0) is 18.4 Å². The number of benzene rings is 1.